The Balaban J connectivity index is 1.67. The maximum Gasteiger partial charge on any atom is 0.238 e. The molecule has 1 aromatic carbocycles. The van der Waals surface area contributed by atoms with Crippen molar-refractivity contribution < 1.29 is 4.79 Å². The number of hydrogen-bond donors (Lipinski definition) is 1. The Kier molecular flexibility index (Phi) is 2.92. The molecule has 24 heavy (non-hydrogen) atoms. The molecular formula is C18H17N5O. The largest absolute Gasteiger partial charge is 0.325 e. The third-order valence-electron chi connectivity index (χ3n) is 5.16. The van der Waals surface area contributed by atoms with Crippen LogP contribution in [-0.4, -0.2) is 25.7 Å². The monoisotopic (exact) mass is 319 g/mol. The molecule has 1 N–H and O–H groups in total. The number of aromatic nitrogens is 4. The highest BCUT2D eigenvalue weighted by Gasteiger charge is 2.34. The minimum Gasteiger partial charge on any atom is -0.325 e. The number of nitrogens with zero attached hydrogens (tertiary/aromatic N) is 4. The van der Waals surface area contributed by atoms with E-state index in [0.29, 0.717) is 6.04 Å². The number of benzene rings is 1. The van der Waals surface area contributed by atoms with Crippen LogP contribution < -0.4 is 5.32 Å². The van der Waals surface area contributed by atoms with Crippen LogP contribution in [0.15, 0.2) is 36.8 Å². The van der Waals surface area contributed by atoms with Gasteiger partial charge in [-0.3, -0.25) is 4.79 Å². The predicted molar refractivity (Wildman–Crippen MR) is 89.7 cm³/mol. The zero-order valence-corrected chi connectivity index (χ0v) is 13.1. The number of fused-ring (bicyclic) bond motifs is 2. The first kappa shape index (κ1) is 13.7. The molecular weight excluding hydrogens is 302 g/mol. The second-order valence-electron chi connectivity index (χ2n) is 6.53. The van der Waals surface area contributed by atoms with Crippen LogP contribution in [0.1, 0.15) is 48.9 Å². The fourth-order valence-corrected chi connectivity index (χ4v) is 4.01. The van der Waals surface area contributed by atoms with Crippen LogP contribution in [0.5, 0.6) is 0 Å². The lowest BCUT2D eigenvalue weighted by Gasteiger charge is -2.12. The second kappa shape index (κ2) is 5.12. The van der Waals surface area contributed by atoms with Crippen LogP contribution in [0.25, 0.3) is 11.0 Å². The van der Waals surface area contributed by atoms with Crippen molar-refractivity contribution in [3.63, 3.8) is 0 Å². The van der Waals surface area contributed by atoms with Gasteiger partial charge in [0.05, 0.1) is 23.3 Å². The van der Waals surface area contributed by atoms with Crippen molar-refractivity contribution in [3.8, 4) is 0 Å². The third kappa shape index (κ3) is 1.89. The van der Waals surface area contributed by atoms with E-state index < -0.39 is 5.92 Å². The van der Waals surface area contributed by atoms with Gasteiger partial charge in [0.1, 0.15) is 12.2 Å². The number of amides is 1. The number of anilines is 1. The third-order valence-corrected chi connectivity index (χ3v) is 5.16. The van der Waals surface area contributed by atoms with Crippen molar-refractivity contribution in [3.05, 3.63) is 48.0 Å². The van der Waals surface area contributed by atoms with E-state index in [0.717, 1.165) is 40.8 Å². The number of rotatable bonds is 2. The van der Waals surface area contributed by atoms with E-state index in [9.17, 15) is 4.79 Å². The summed E-state index contributed by atoms with van der Waals surface area (Å²) in [6.45, 7) is 0. The first-order chi connectivity index (χ1) is 11.8. The first-order valence-corrected chi connectivity index (χ1v) is 8.41. The SMILES string of the molecule is O=C1Nc2ccccc2C1c1ncnc2c1cnn2C1CCCC1. The molecule has 0 radical (unpaired) electrons. The molecule has 1 saturated carbocycles. The van der Waals surface area contributed by atoms with Crippen molar-refractivity contribution >= 4 is 22.6 Å². The van der Waals surface area contributed by atoms with Crippen molar-refractivity contribution in [2.24, 2.45) is 0 Å². The van der Waals surface area contributed by atoms with Crippen molar-refractivity contribution in [2.45, 2.75) is 37.6 Å². The fourth-order valence-electron chi connectivity index (χ4n) is 4.01. The number of carbonyl (C=O) groups excluding carboxylic acids is 1. The van der Waals surface area contributed by atoms with Crippen molar-refractivity contribution in [1.29, 1.82) is 0 Å². The van der Waals surface area contributed by atoms with Gasteiger partial charge >= 0.3 is 0 Å². The summed E-state index contributed by atoms with van der Waals surface area (Å²) >= 11 is 0. The molecule has 6 heteroatoms. The Hall–Kier alpha value is -2.76. The van der Waals surface area contributed by atoms with E-state index >= 15 is 0 Å². The van der Waals surface area contributed by atoms with Crippen LogP contribution in [0, 0.1) is 0 Å². The van der Waals surface area contributed by atoms with E-state index in [2.05, 4.69) is 20.4 Å². The average molecular weight is 319 g/mol. The molecule has 1 aliphatic heterocycles. The molecule has 1 aliphatic carbocycles. The first-order valence-electron chi connectivity index (χ1n) is 8.41. The van der Waals surface area contributed by atoms with Gasteiger partial charge in [0, 0.05) is 5.69 Å². The smallest absolute Gasteiger partial charge is 0.238 e. The Morgan fingerprint density at radius 2 is 1.96 bits per heavy atom. The normalized spacial score (nSPS) is 20.5. The zero-order valence-electron chi connectivity index (χ0n) is 13.1. The van der Waals surface area contributed by atoms with Crippen LogP contribution >= 0.6 is 0 Å². The quantitative estimate of drug-likeness (QED) is 0.788. The molecule has 0 bridgehead atoms. The molecule has 3 aromatic rings. The Bertz CT molecular complexity index is 941. The van der Waals surface area contributed by atoms with E-state index in [4.69, 9.17) is 0 Å². The molecule has 2 aliphatic rings. The molecule has 3 heterocycles. The topological polar surface area (TPSA) is 72.7 Å². The molecule has 0 saturated heterocycles. The van der Waals surface area contributed by atoms with Gasteiger partial charge < -0.3 is 5.32 Å². The standard InChI is InChI=1S/C18H17N5O/c24-18-15(12-7-3-4-8-14(12)22-18)16-13-9-21-23(11-5-1-2-6-11)17(13)20-10-19-16/h3-4,7-11,15H,1-2,5-6H2,(H,22,24). The molecule has 1 unspecified atom stereocenters. The van der Waals surface area contributed by atoms with Gasteiger partial charge in [-0.2, -0.15) is 5.10 Å². The van der Waals surface area contributed by atoms with Crippen LogP contribution in [0.3, 0.4) is 0 Å². The zero-order chi connectivity index (χ0) is 16.1. The summed E-state index contributed by atoms with van der Waals surface area (Å²) in [5, 5.41) is 8.40. The number of carbonyl (C=O) groups is 1. The van der Waals surface area contributed by atoms with E-state index in [-0.39, 0.29) is 5.91 Å². The van der Waals surface area contributed by atoms with Crippen molar-refractivity contribution in [2.75, 3.05) is 5.32 Å². The van der Waals surface area contributed by atoms with E-state index in [1.807, 2.05) is 35.1 Å². The van der Waals surface area contributed by atoms with Gasteiger partial charge in [-0.05, 0) is 24.5 Å². The van der Waals surface area contributed by atoms with Crippen LogP contribution in [0.4, 0.5) is 5.69 Å². The van der Waals surface area contributed by atoms with Gasteiger partial charge in [0.15, 0.2) is 5.65 Å². The summed E-state index contributed by atoms with van der Waals surface area (Å²) in [5.41, 5.74) is 3.41. The average Bonchev–Trinajstić information content (AvgIpc) is 3.31. The van der Waals surface area contributed by atoms with Gasteiger partial charge in [-0.1, -0.05) is 31.0 Å². The summed E-state index contributed by atoms with van der Waals surface area (Å²) in [6, 6.07) is 8.19. The number of nitrogens with one attached hydrogen (secondary N) is 1. The highest BCUT2D eigenvalue weighted by Crippen LogP contribution is 2.39. The molecule has 5 rings (SSSR count). The molecule has 1 amide bonds. The van der Waals surface area contributed by atoms with Crippen molar-refractivity contribution in [1.82, 2.24) is 19.7 Å². The minimum atomic E-state index is -0.395. The van der Waals surface area contributed by atoms with E-state index in [1.165, 1.54) is 12.8 Å². The lowest BCUT2D eigenvalue weighted by molar-refractivity contribution is -0.116. The Labute approximate surface area is 138 Å². The summed E-state index contributed by atoms with van der Waals surface area (Å²) < 4.78 is 2.02. The highest BCUT2D eigenvalue weighted by molar-refractivity contribution is 6.06. The molecule has 120 valence electrons. The number of para-hydroxylation sites is 1. The second-order valence-corrected chi connectivity index (χ2v) is 6.53. The fraction of sp³-hybridized carbons (Fsp3) is 0.333. The molecule has 2 aromatic heterocycles. The van der Waals surface area contributed by atoms with E-state index in [1.54, 1.807) is 6.33 Å². The molecule has 0 spiro atoms. The lowest BCUT2D eigenvalue weighted by atomic mass is 9.95. The Morgan fingerprint density at radius 3 is 2.83 bits per heavy atom. The Morgan fingerprint density at radius 1 is 1.12 bits per heavy atom. The predicted octanol–water partition coefficient (Wildman–Crippen LogP) is 3.03. The molecule has 6 nitrogen and oxygen atoms in total. The minimum absolute atomic E-state index is 0.0372. The summed E-state index contributed by atoms with van der Waals surface area (Å²) in [5.74, 6) is -0.433. The summed E-state index contributed by atoms with van der Waals surface area (Å²) in [6.07, 6.45) is 8.13. The van der Waals surface area contributed by atoms with Gasteiger partial charge in [-0.15, -0.1) is 0 Å². The lowest BCUT2D eigenvalue weighted by Crippen LogP contribution is -2.15. The van der Waals surface area contributed by atoms with Gasteiger partial charge in [0.2, 0.25) is 5.91 Å². The van der Waals surface area contributed by atoms with Gasteiger partial charge in [0.25, 0.3) is 0 Å². The van der Waals surface area contributed by atoms with Crippen LogP contribution in [-0.2, 0) is 4.79 Å². The molecule has 1 fully saturated rings. The van der Waals surface area contributed by atoms with Crippen LogP contribution in [0.2, 0.25) is 0 Å². The number of hydrogen-bond acceptors (Lipinski definition) is 4. The molecule has 1 atom stereocenters. The summed E-state index contributed by atoms with van der Waals surface area (Å²) in [7, 11) is 0. The highest BCUT2D eigenvalue weighted by atomic mass is 16.2. The summed E-state index contributed by atoms with van der Waals surface area (Å²) in [4.78, 5) is 21.4. The maximum absolute atomic E-state index is 12.5. The van der Waals surface area contributed by atoms with Gasteiger partial charge in [-0.25, -0.2) is 14.6 Å². The maximum atomic E-state index is 12.5.